The Labute approximate surface area is 182 Å². The first kappa shape index (κ1) is 20.0. The zero-order chi connectivity index (χ0) is 20.8. The van der Waals surface area contributed by atoms with E-state index in [9.17, 15) is 9.59 Å². The number of nitrogens with one attached hydrogen (secondary N) is 1. The van der Waals surface area contributed by atoms with Gasteiger partial charge in [0.15, 0.2) is 11.7 Å². The van der Waals surface area contributed by atoms with Crippen molar-refractivity contribution in [3.63, 3.8) is 0 Å². The Morgan fingerprint density at radius 1 is 0.867 bits per heavy atom. The molecule has 2 aromatic heterocycles. The van der Waals surface area contributed by atoms with E-state index in [2.05, 4.69) is 34.6 Å². The molecule has 0 aliphatic heterocycles. The largest absolute Gasteiger partial charge is 0.455 e. The molecule has 150 valence electrons. The van der Waals surface area contributed by atoms with Crippen molar-refractivity contribution in [3.8, 4) is 22.4 Å². The molecule has 0 saturated carbocycles. The van der Waals surface area contributed by atoms with Gasteiger partial charge in [0.05, 0.1) is 12.1 Å². The number of amides is 1. The monoisotopic (exact) mass is 434 g/mol. The first-order chi connectivity index (χ1) is 14.7. The number of thiophene rings is 1. The zero-order valence-corrected chi connectivity index (χ0v) is 17.5. The maximum absolute atomic E-state index is 12.0. The molecule has 5 nitrogen and oxygen atoms in total. The van der Waals surface area contributed by atoms with E-state index in [0.29, 0.717) is 5.13 Å². The second kappa shape index (κ2) is 9.47. The number of thiazole rings is 1. The average molecular weight is 435 g/mol. The number of hydrogen-bond donors (Lipinski definition) is 1. The van der Waals surface area contributed by atoms with Crippen molar-refractivity contribution in [2.75, 3.05) is 11.9 Å². The summed E-state index contributed by atoms with van der Waals surface area (Å²) in [5.41, 5.74) is 4.04. The summed E-state index contributed by atoms with van der Waals surface area (Å²) in [6.45, 7) is -0.328. The summed E-state index contributed by atoms with van der Waals surface area (Å²) >= 11 is 2.81. The lowest BCUT2D eigenvalue weighted by Gasteiger charge is -2.04. The molecule has 0 unspecified atom stereocenters. The van der Waals surface area contributed by atoms with Gasteiger partial charge in [0.2, 0.25) is 0 Å². The maximum Gasteiger partial charge on any atom is 0.311 e. The topological polar surface area (TPSA) is 68.3 Å². The van der Waals surface area contributed by atoms with Crippen LogP contribution >= 0.6 is 22.7 Å². The number of hydrogen-bond acceptors (Lipinski definition) is 6. The summed E-state index contributed by atoms with van der Waals surface area (Å²) in [5.74, 6) is -0.833. The molecule has 0 aliphatic carbocycles. The lowest BCUT2D eigenvalue weighted by Crippen LogP contribution is -2.21. The Hall–Kier alpha value is -3.29. The molecule has 0 atom stereocenters. The van der Waals surface area contributed by atoms with Crippen LogP contribution in [0.3, 0.4) is 0 Å². The summed E-state index contributed by atoms with van der Waals surface area (Å²) in [6.07, 6.45) is 0.172. The third-order valence-corrected chi connectivity index (χ3v) is 5.94. The molecular formula is C23H18N2O3S2. The number of benzene rings is 2. The molecule has 0 bridgehead atoms. The van der Waals surface area contributed by atoms with E-state index in [4.69, 9.17) is 4.74 Å². The van der Waals surface area contributed by atoms with Crippen LogP contribution in [-0.2, 0) is 20.7 Å². The second-order valence-electron chi connectivity index (χ2n) is 6.45. The normalized spacial score (nSPS) is 10.5. The number of carbonyl (C=O) groups is 2. The Kier molecular flexibility index (Phi) is 6.32. The predicted octanol–water partition coefficient (Wildman–Crippen LogP) is 5.26. The smallest absolute Gasteiger partial charge is 0.311 e. The molecule has 4 rings (SSSR count). The number of nitrogens with zero attached hydrogens (tertiary/aromatic N) is 1. The number of rotatable bonds is 7. The molecule has 0 spiro atoms. The molecule has 2 heterocycles. The Bertz CT molecular complexity index is 1120. The second-order valence-corrected chi connectivity index (χ2v) is 8.34. The van der Waals surface area contributed by atoms with Crippen LogP contribution in [-0.4, -0.2) is 23.5 Å². The predicted molar refractivity (Wildman–Crippen MR) is 121 cm³/mol. The lowest BCUT2D eigenvalue weighted by atomic mass is 10.0. The van der Waals surface area contributed by atoms with Gasteiger partial charge in [0.1, 0.15) is 0 Å². The van der Waals surface area contributed by atoms with Gasteiger partial charge in [-0.05, 0) is 22.6 Å². The fourth-order valence-electron chi connectivity index (χ4n) is 2.84. The van der Waals surface area contributed by atoms with E-state index in [1.807, 2.05) is 53.2 Å². The van der Waals surface area contributed by atoms with Gasteiger partial charge in [0, 0.05) is 15.8 Å². The van der Waals surface area contributed by atoms with Crippen molar-refractivity contribution in [2.24, 2.45) is 0 Å². The molecule has 1 amide bonds. The maximum atomic E-state index is 12.0. The van der Waals surface area contributed by atoms with Crippen LogP contribution in [0, 0.1) is 0 Å². The van der Waals surface area contributed by atoms with Crippen molar-refractivity contribution >= 4 is 39.7 Å². The molecule has 0 aliphatic rings. The van der Waals surface area contributed by atoms with Crippen LogP contribution in [0.1, 0.15) is 4.88 Å². The first-order valence-corrected chi connectivity index (χ1v) is 11.0. The van der Waals surface area contributed by atoms with Gasteiger partial charge < -0.3 is 4.74 Å². The summed E-state index contributed by atoms with van der Waals surface area (Å²) < 4.78 is 5.03. The molecule has 0 radical (unpaired) electrons. The molecule has 0 fully saturated rings. The Morgan fingerprint density at radius 2 is 1.60 bits per heavy atom. The van der Waals surface area contributed by atoms with E-state index in [-0.39, 0.29) is 13.0 Å². The fourth-order valence-corrected chi connectivity index (χ4v) is 4.26. The van der Waals surface area contributed by atoms with Gasteiger partial charge in [-0.15, -0.1) is 22.7 Å². The SMILES string of the molecule is O=C(COC(=O)Cc1cccs1)Nc1nc(-c2ccc(-c3ccccc3)cc2)cs1. The number of ether oxygens (including phenoxy) is 1. The molecule has 30 heavy (non-hydrogen) atoms. The van der Waals surface area contributed by atoms with Gasteiger partial charge in [-0.25, -0.2) is 4.98 Å². The molecule has 1 N–H and O–H groups in total. The van der Waals surface area contributed by atoms with Gasteiger partial charge >= 0.3 is 5.97 Å². The number of esters is 1. The third-order valence-electron chi connectivity index (χ3n) is 4.30. The quantitative estimate of drug-likeness (QED) is 0.403. The van der Waals surface area contributed by atoms with Crippen LogP contribution < -0.4 is 5.32 Å². The van der Waals surface area contributed by atoms with Gasteiger partial charge in [-0.1, -0.05) is 60.7 Å². The van der Waals surface area contributed by atoms with E-state index >= 15 is 0 Å². The van der Waals surface area contributed by atoms with E-state index in [0.717, 1.165) is 27.3 Å². The Morgan fingerprint density at radius 3 is 2.33 bits per heavy atom. The van der Waals surface area contributed by atoms with Crippen molar-refractivity contribution in [2.45, 2.75) is 6.42 Å². The van der Waals surface area contributed by atoms with Gasteiger partial charge in [-0.2, -0.15) is 0 Å². The zero-order valence-electron chi connectivity index (χ0n) is 15.9. The van der Waals surface area contributed by atoms with Crippen molar-refractivity contribution in [1.82, 2.24) is 4.98 Å². The highest BCUT2D eigenvalue weighted by Crippen LogP contribution is 2.27. The minimum absolute atomic E-state index is 0.172. The van der Waals surface area contributed by atoms with E-state index < -0.39 is 11.9 Å². The van der Waals surface area contributed by atoms with Crippen molar-refractivity contribution < 1.29 is 14.3 Å². The lowest BCUT2D eigenvalue weighted by molar-refractivity contribution is -0.146. The van der Waals surface area contributed by atoms with E-state index in [1.165, 1.54) is 22.7 Å². The van der Waals surface area contributed by atoms with Crippen LogP contribution in [0.4, 0.5) is 5.13 Å². The van der Waals surface area contributed by atoms with E-state index in [1.54, 1.807) is 0 Å². The molecule has 4 aromatic rings. The summed E-state index contributed by atoms with van der Waals surface area (Å²) in [4.78, 5) is 29.2. The molecule has 7 heteroatoms. The highest BCUT2D eigenvalue weighted by molar-refractivity contribution is 7.14. The van der Waals surface area contributed by atoms with Crippen molar-refractivity contribution in [3.05, 3.63) is 82.4 Å². The number of carbonyl (C=O) groups excluding carboxylic acids is 2. The molecular weight excluding hydrogens is 416 g/mol. The number of aromatic nitrogens is 1. The summed E-state index contributed by atoms with van der Waals surface area (Å²) in [5, 5.41) is 6.92. The third kappa shape index (κ3) is 5.20. The van der Waals surface area contributed by atoms with Crippen LogP contribution in [0.5, 0.6) is 0 Å². The highest BCUT2D eigenvalue weighted by atomic mass is 32.1. The summed E-state index contributed by atoms with van der Waals surface area (Å²) in [7, 11) is 0. The van der Waals surface area contributed by atoms with Crippen LogP contribution in [0.2, 0.25) is 0 Å². The van der Waals surface area contributed by atoms with Crippen LogP contribution in [0.25, 0.3) is 22.4 Å². The highest BCUT2D eigenvalue weighted by Gasteiger charge is 2.12. The molecule has 2 aromatic carbocycles. The van der Waals surface area contributed by atoms with Crippen LogP contribution in [0.15, 0.2) is 77.5 Å². The Balaban J connectivity index is 1.31. The minimum Gasteiger partial charge on any atom is -0.455 e. The summed E-state index contributed by atoms with van der Waals surface area (Å²) in [6, 6.07) is 22.0. The standard InChI is InChI=1S/C23H18N2O3S2/c26-21(14-28-22(27)13-19-7-4-12-29-19)25-23-24-20(15-30-23)18-10-8-17(9-11-18)16-5-2-1-3-6-16/h1-12,15H,13-14H2,(H,24,25,26). The van der Waals surface area contributed by atoms with Gasteiger partial charge in [-0.3, -0.25) is 14.9 Å². The minimum atomic E-state index is -0.425. The fraction of sp³-hybridized carbons (Fsp3) is 0.0870. The van der Waals surface area contributed by atoms with Crippen molar-refractivity contribution in [1.29, 1.82) is 0 Å². The number of anilines is 1. The molecule has 0 saturated heterocycles. The average Bonchev–Trinajstić information content (AvgIpc) is 3.45. The van der Waals surface area contributed by atoms with Gasteiger partial charge in [0.25, 0.3) is 5.91 Å². The first-order valence-electron chi connectivity index (χ1n) is 9.26.